The highest BCUT2D eigenvalue weighted by Crippen LogP contribution is 2.35. The highest BCUT2D eigenvalue weighted by atomic mass is 79.9. The number of likely N-dealkylation sites (N-methyl/N-ethyl adjacent to an activating group) is 1. The average Bonchev–Trinajstić information content (AvgIpc) is 2.48. The van der Waals surface area contributed by atoms with Crippen molar-refractivity contribution in [3.05, 3.63) is 33.8 Å². The van der Waals surface area contributed by atoms with Crippen molar-refractivity contribution in [3.63, 3.8) is 0 Å². The van der Waals surface area contributed by atoms with Crippen LogP contribution in [0.1, 0.15) is 44.2 Å². The normalized spacial score (nSPS) is 22.4. The van der Waals surface area contributed by atoms with Gasteiger partial charge in [0.25, 0.3) is 0 Å². The monoisotopic (exact) mass is 338 g/mol. The summed E-state index contributed by atoms with van der Waals surface area (Å²) >= 11 is 3.58. The predicted molar refractivity (Wildman–Crippen MR) is 90.1 cm³/mol. The first-order valence-electron chi connectivity index (χ1n) is 7.76. The molecule has 1 aromatic rings. The summed E-state index contributed by atoms with van der Waals surface area (Å²) < 4.78 is 1.19. The van der Waals surface area contributed by atoms with E-state index >= 15 is 0 Å². The standard InChI is InChI=1S/C17H27BrN2/c1-4-16(5-2)20(3)17(12-19)9-8-13-10-15(18)7-6-14(13)11-17/h6-7,10,16H,4-5,8-9,11-12,19H2,1-3H3. The zero-order valence-corrected chi connectivity index (χ0v) is 14.5. The molecule has 112 valence electrons. The Balaban J connectivity index is 2.28. The summed E-state index contributed by atoms with van der Waals surface area (Å²) in [5.41, 5.74) is 9.32. The topological polar surface area (TPSA) is 29.3 Å². The van der Waals surface area contributed by atoms with Crippen LogP contribution in [0.4, 0.5) is 0 Å². The molecule has 0 heterocycles. The van der Waals surface area contributed by atoms with Gasteiger partial charge in [-0.05, 0) is 62.4 Å². The van der Waals surface area contributed by atoms with Crippen molar-refractivity contribution >= 4 is 15.9 Å². The zero-order valence-electron chi connectivity index (χ0n) is 13.0. The van der Waals surface area contributed by atoms with Gasteiger partial charge in [0.2, 0.25) is 0 Å². The van der Waals surface area contributed by atoms with Gasteiger partial charge < -0.3 is 5.73 Å². The van der Waals surface area contributed by atoms with Gasteiger partial charge in [-0.3, -0.25) is 4.90 Å². The number of rotatable bonds is 5. The van der Waals surface area contributed by atoms with Crippen LogP contribution in [0.15, 0.2) is 22.7 Å². The Hall–Kier alpha value is -0.380. The van der Waals surface area contributed by atoms with Crippen molar-refractivity contribution in [1.29, 1.82) is 0 Å². The van der Waals surface area contributed by atoms with Gasteiger partial charge in [-0.15, -0.1) is 0 Å². The molecule has 2 N–H and O–H groups in total. The fourth-order valence-corrected chi connectivity index (χ4v) is 4.06. The van der Waals surface area contributed by atoms with Crippen LogP contribution >= 0.6 is 15.9 Å². The number of fused-ring (bicyclic) bond motifs is 1. The third-order valence-electron chi connectivity index (χ3n) is 5.17. The van der Waals surface area contributed by atoms with E-state index in [0.29, 0.717) is 6.04 Å². The van der Waals surface area contributed by atoms with Crippen LogP contribution < -0.4 is 5.73 Å². The van der Waals surface area contributed by atoms with Gasteiger partial charge in [-0.1, -0.05) is 35.8 Å². The minimum absolute atomic E-state index is 0.136. The van der Waals surface area contributed by atoms with Crippen LogP contribution in [-0.2, 0) is 12.8 Å². The highest BCUT2D eigenvalue weighted by Gasteiger charge is 2.38. The second-order valence-electron chi connectivity index (χ2n) is 6.10. The van der Waals surface area contributed by atoms with E-state index in [1.54, 1.807) is 0 Å². The van der Waals surface area contributed by atoms with Crippen molar-refractivity contribution < 1.29 is 0 Å². The molecule has 0 amide bonds. The van der Waals surface area contributed by atoms with E-state index in [2.05, 4.69) is 59.9 Å². The maximum atomic E-state index is 6.22. The Bertz CT molecular complexity index is 456. The lowest BCUT2D eigenvalue weighted by atomic mass is 9.76. The summed E-state index contributed by atoms with van der Waals surface area (Å²) in [4.78, 5) is 2.57. The molecule has 0 saturated heterocycles. The quantitative estimate of drug-likeness (QED) is 0.885. The number of hydrogen-bond acceptors (Lipinski definition) is 2. The Morgan fingerprint density at radius 2 is 2.00 bits per heavy atom. The first kappa shape index (κ1) is 16.0. The molecule has 20 heavy (non-hydrogen) atoms. The van der Waals surface area contributed by atoms with Crippen LogP contribution in [0.3, 0.4) is 0 Å². The van der Waals surface area contributed by atoms with Gasteiger partial charge in [0, 0.05) is 22.6 Å². The summed E-state index contributed by atoms with van der Waals surface area (Å²) in [6.07, 6.45) is 5.78. The summed E-state index contributed by atoms with van der Waals surface area (Å²) in [6, 6.07) is 7.33. The molecule has 0 saturated carbocycles. The molecular formula is C17H27BrN2. The molecule has 1 atom stereocenters. The van der Waals surface area contributed by atoms with Crippen LogP contribution in [0.2, 0.25) is 0 Å². The lowest BCUT2D eigenvalue weighted by Crippen LogP contribution is -2.58. The Morgan fingerprint density at radius 3 is 2.60 bits per heavy atom. The zero-order chi connectivity index (χ0) is 14.8. The van der Waals surface area contributed by atoms with E-state index in [4.69, 9.17) is 5.73 Å². The van der Waals surface area contributed by atoms with E-state index in [0.717, 1.165) is 19.4 Å². The predicted octanol–water partition coefficient (Wildman–Crippen LogP) is 3.76. The third kappa shape index (κ3) is 2.95. The summed E-state index contributed by atoms with van der Waals surface area (Å²) in [5, 5.41) is 0. The maximum Gasteiger partial charge on any atom is 0.0375 e. The molecule has 0 fully saturated rings. The van der Waals surface area contributed by atoms with E-state index in [-0.39, 0.29) is 5.54 Å². The number of aryl methyl sites for hydroxylation is 1. The fourth-order valence-electron chi connectivity index (χ4n) is 3.65. The lowest BCUT2D eigenvalue weighted by molar-refractivity contribution is 0.0594. The molecule has 1 aromatic carbocycles. The summed E-state index contributed by atoms with van der Waals surface area (Å²) in [6.45, 7) is 5.31. The highest BCUT2D eigenvalue weighted by molar-refractivity contribution is 9.10. The smallest absolute Gasteiger partial charge is 0.0375 e. The van der Waals surface area contributed by atoms with E-state index < -0.39 is 0 Å². The molecule has 2 rings (SSSR count). The molecule has 0 bridgehead atoms. The minimum Gasteiger partial charge on any atom is -0.329 e. The molecular weight excluding hydrogens is 312 g/mol. The van der Waals surface area contributed by atoms with Gasteiger partial charge in [-0.25, -0.2) is 0 Å². The number of halogens is 1. The molecule has 2 nitrogen and oxygen atoms in total. The lowest BCUT2D eigenvalue weighted by Gasteiger charge is -2.48. The molecule has 0 spiro atoms. The first-order valence-corrected chi connectivity index (χ1v) is 8.56. The maximum absolute atomic E-state index is 6.22. The Labute approximate surface area is 131 Å². The minimum atomic E-state index is 0.136. The number of nitrogens with two attached hydrogens (primary N) is 1. The van der Waals surface area contributed by atoms with Crippen molar-refractivity contribution in [2.24, 2.45) is 5.73 Å². The van der Waals surface area contributed by atoms with E-state index in [1.807, 2.05) is 0 Å². The second kappa shape index (κ2) is 6.59. The van der Waals surface area contributed by atoms with Crippen molar-refractivity contribution in [1.82, 2.24) is 4.90 Å². The van der Waals surface area contributed by atoms with Crippen molar-refractivity contribution in [2.75, 3.05) is 13.6 Å². The van der Waals surface area contributed by atoms with E-state index in [9.17, 15) is 0 Å². The third-order valence-corrected chi connectivity index (χ3v) is 5.66. The van der Waals surface area contributed by atoms with Gasteiger partial charge >= 0.3 is 0 Å². The SMILES string of the molecule is CCC(CC)N(C)C1(CN)CCc2cc(Br)ccc2C1. The number of hydrogen-bond donors (Lipinski definition) is 1. The first-order chi connectivity index (χ1) is 9.56. The molecule has 1 unspecified atom stereocenters. The van der Waals surface area contributed by atoms with Crippen LogP contribution in [0.5, 0.6) is 0 Å². The molecule has 0 aliphatic heterocycles. The molecule has 1 aliphatic carbocycles. The van der Waals surface area contributed by atoms with Crippen LogP contribution in [0.25, 0.3) is 0 Å². The largest absolute Gasteiger partial charge is 0.329 e. The molecule has 1 aliphatic rings. The number of benzene rings is 1. The summed E-state index contributed by atoms with van der Waals surface area (Å²) in [7, 11) is 2.27. The Kier molecular flexibility index (Phi) is 5.27. The second-order valence-corrected chi connectivity index (χ2v) is 7.02. The number of nitrogens with zero attached hydrogens (tertiary/aromatic N) is 1. The van der Waals surface area contributed by atoms with E-state index in [1.165, 1.54) is 34.9 Å². The van der Waals surface area contributed by atoms with Crippen LogP contribution in [-0.4, -0.2) is 30.1 Å². The van der Waals surface area contributed by atoms with Crippen molar-refractivity contribution in [3.8, 4) is 0 Å². The van der Waals surface area contributed by atoms with Gasteiger partial charge in [-0.2, -0.15) is 0 Å². The van der Waals surface area contributed by atoms with Crippen LogP contribution in [0, 0.1) is 0 Å². The van der Waals surface area contributed by atoms with Gasteiger partial charge in [0.05, 0.1) is 0 Å². The fraction of sp³-hybridized carbons (Fsp3) is 0.647. The molecule has 0 aromatic heterocycles. The van der Waals surface area contributed by atoms with Crippen molar-refractivity contribution in [2.45, 2.75) is 57.5 Å². The molecule has 3 heteroatoms. The van der Waals surface area contributed by atoms with Gasteiger partial charge in [0.15, 0.2) is 0 Å². The average molecular weight is 339 g/mol. The molecule has 0 radical (unpaired) electrons. The van der Waals surface area contributed by atoms with Gasteiger partial charge in [0.1, 0.15) is 0 Å². The summed E-state index contributed by atoms with van der Waals surface area (Å²) in [5.74, 6) is 0. The Morgan fingerprint density at radius 1 is 1.30 bits per heavy atom.